The lowest BCUT2D eigenvalue weighted by molar-refractivity contribution is -0.105. The van der Waals surface area contributed by atoms with Crippen molar-refractivity contribution in [3.63, 3.8) is 0 Å². The second kappa shape index (κ2) is 6.99. The topological polar surface area (TPSA) is 42.0 Å². The van der Waals surface area contributed by atoms with Gasteiger partial charge in [-0.2, -0.15) is 13.2 Å². The van der Waals surface area contributed by atoms with Gasteiger partial charge in [0.15, 0.2) is 0 Å². The highest BCUT2D eigenvalue weighted by atomic mass is 32.2. The average Bonchev–Trinajstić information content (AvgIpc) is 2.47. The van der Waals surface area contributed by atoms with Crippen LogP contribution in [0, 0.1) is 12.7 Å². The first-order chi connectivity index (χ1) is 10.8. The van der Waals surface area contributed by atoms with Crippen LogP contribution in [0.3, 0.4) is 0 Å². The molecule has 8 heteroatoms. The van der Waals surface area contributed by atoms with Crippen LogP contribution in [-0.2, 0) is 0 Å². The van der Waals surface area contributed by atoms with Crippen molar-refractivity contribution in [3.05, 3.63) is 53.5 Å². The third-order valence-electron chi connectivity index (χ3n) is 2.82. The van der Waals surface area contributed by atoms with Crippen molar-refractivity contribution in [3.8, 4) is 0 Å². The van der Waals surface area contributed by atoms with E-state index in [0.29, 0.717) is 23.0 Å². The molecule has 0 aliphatic rings. The smallest absolute Gasteiger partial charge is 0.322 e. The van der Waals surface area contributed by atoms with E-state index in [1.165, 1.54) is 36.5 Å². The number of nitrogens with zero attached hydrogens (tertiary/aromatic N) is 1. The number of thioether (sulfide) groups is 1. The third-order valence-corrected chi connectivity index (χ3v) is 3.90. The van der Waals surface area contributed by atoms with Gasteiger partial charge >= 0.3 is 6.18 Å². The normalized spacial score (nSPS) is 11.3. The number of halogens is 4. The number of carbonyl (C=O) groups excluding carboxylic acids is 1. The molecule has 1 amide bonds. The van der Waals surface area contributed by atoms with Gasteiger partial charge in [0, 0.05) is 11.9 Å². The fraction of sp³-hybridized carbons (Fsp3) is 0.200. The molecule has 0 saturated carbocycles. The largest absolute Gasteiger partial charge is 0.398 e. The molecule has 1 N–H and O–H groups in total. The van der Waals surface area contributed by atoms with Crippen LogP contribution < -0.4 is 5.32 Å². The van der Waals surface area contributed by atoms with Gasteiger partial charge in [-0.05, 0) is 42.8 Å². The number of pyridine rings is 1. The summed E-state index contributed by atoms with van der Waals surface area (Å²) in [7, 11) is 0. The second-order valence-electron chi connectivity index (χ2n) is 4.67. The van der Waals surface area contributed by atoms with Crippen molar-refractivity contribution >= 4 is 23.4 Å². The molecule has 0 bridgehead atoms. The minimum absolute atomic E-state index is 0.0120. The molecule has 0 radical (unpaired) electrons. The molecule has 2 rings (SSSR count). The predicted molar refractivity (Wildman–Crippen MR) is 80.1 cm³/mol. The molecule has 3 nitrogen and oxygen atoms in total. The molecular weight excluding hydrogens is 332 g/mol. The molecule has 0 fully saturated rings. The van der Waals surface area contributed by atoms with Gasteiger partial charge in [-0.15, -0.1) is 0 Å². The summed E-state index contributed by atoms with van der Waals surface area (Å²) in [5, 5.41) is 2.54. The molecule has 0 atom stereocenters. The molecule has 0 unspecified atom stereocenters. The Morgan fingerprint density at radius 1 is 1.30 bits per heavy atom. The number of anilines is 1. The molecule has 0 saturated heterocycles. The Morgan fingerprint density at radius 3 is 2.70 bits per heavy atom. The van der Waals surface area contributed by atoms with Crippen LogP contribution in [0.2, 0.25) is 0 Å². The molecule has 1 aromatic carbocycles. The number of amides is 1. The quantitative estimate of drug-likeness (QED) is 0.659. The molecule has 1 heterocycles. The van der Waals surface area contributed by atoms with E-state index in [9.17, 15) is 22.4 Å². The second-order valence-corrected chi connectivity index (χ2v) is 5.64. The summed E-state index contributed by atoms with van der Waals surface area (Å²) in [6.45, 7) is 1.61. The van der Waals surface area contributed by atoms with Crippen LogP contribution in [0.1, 0.15) is 15.9 Å². The number of hydrogen-bond acceptors (Lipinski definition) is 3. The van der Waals surface area contributed by atoms with Crippen LogP contribution in [0.4, 0.5) is 23.2 Å². The Morgan fingerprint density at radius 2 is 2.04 bits per heavy atom. The van der Waals surface area contributed by atoms with Gasteiger partial charge in [0.25, 0.3) is 5.91 Å². The molecule has 0 spiro atoms. The van der Waals surface area contributed by atoms with Crippen molar-refractivity contribution in [2.75, 3.05) is 11.1 Å². The Kier molecular flexibility index (Phi) is 5.25. The van der Waals surface area contributed by atoms with Crippen molar-refractivity contribution in [2.45, 2.75) is 18.1 Å². The fourth-order valence-electron chi connectivity index (χ4n) is 1.79. The minimum atomic E-state index is -4.36. The zero-order chi connectivity index (χ0) is 17.0. The Bertz CT molecular complexity index is 719. The summed E-state index contributed by atoms with van der Waals surface area (Å²) < 4.78 is 50.0. The lowest BCUT2D eigenvalue weighted by Gasteiger charge is -2.11. The van der Waals surface area contributed by atoms with Crippen LogP contribution in [0.25, 0.3) is 0 Å². The van der Waals surface area contributed by atoms with Gasteiger partial charge < -0.3 is 5.32 Å². The minimum Gasteiger partial charge on any atom is -0.322 e. The predicted octanol–water partition coefficient (Wildman–Crippen LogP) is 4.44. The van der Waals surface area contributed by atoms with E-state index in [-0.39, 0.29) is 10.6 Å². The third kappa shape index (κ3) is 4.95. The highest BCUT2D eigenvalue weighted by molar-refractivity contribution is 7.99. The van der Waals surface area contributed by atoms with Crippen molar-refractivity contribution in [1.82, 2.24) is 4.98 Å². The van der Waals surface area contributed by atoms with Gasteiger partial charge in [0.2, 0.25) is 0 Å². The summed E-state index contributed by atoms with van der Waals surface area (Å²) in [6.07, 6.45) is -3.04. The van der Waals surface area contributed by atoms with E-state index in [2.05, 4.69) is 10.3 Å². The highest BCUT2D eigenvalue weighted by Crippen LogP contribution is 2.28. The molecule has 122 valence electrons. The summed E-state index contributed by atoms with van der Waals surface area (Å²) in [5.41, 5.74) is 0.921. The standard InChI is InChI=1S/C15H12F4N2OS/c1-9-7-10(16)4-5-12(9)21-13(22)11-3-2-6-20-14(11)23-8-15(17,18)19/h2-7H,8H2,1H3,(H,21,22). The van der Waals surface area contributed by atoms with E-state index in [0.717, 1.165) is 0 Å². The molecule has 0 aliphatic carbocycles. The lowest BCUT2D eigenvalue weighted by Crippen LogP contribution is -2.16. The van der Waals surface area contributed by atoms with E-state index in [1.807, 2.05) is 0 Å². The van der Waals surface area contributed by atoms with Gasteiger partial charge in [0.1, 0.15) is 10.8 Å². The van der Waals surface area contributed by atoms with E-state index in [4.69, 9.17) is 0 Å². The molecule has 2 aromatic rings. The summed E-state index contributed by atoms with van der Waals surface area (Å²) in [6, 6.07) is 6.68. The molecular formula is C15H12F4N2OS. The molecule has 0 aliphatic heterocycles. The van der Waals surface area contributed by atoms with E-state index >= 15 is 0 Å². The number of aryl methyl sites for hydroxylation is 1. The van der Waals surface area contributed by atoms with Gasteiger partial charge in [-0.1, -0.05) is 11.8 Å². The van der Waals surface area contributed by atoms with Crippen LogP contribution in [0.5, 0.6) is 0 Å². The number of aromatic nitrogens is 1. The monoisotopic (exact) mass is 344 g/mol. The molecule has 23 heavy (non-hydrogen) atoms. The van der Waals surface area contributed by atoms with E-state index < -0.39 is 23.7 Å². The Labute approximate surface area is 134 Å². The zero-order valence-corrected chi connectivity index (χ0v) is 12.8. The zero-order valence-electron chi connectivity index (χ0n) is 11.9. The maximum absolute atomic E-state index is 13.1. The van der Waals surface area contributed by atoms with Crippen molar-refractivity contribution in [2.24, 2.45) is 0 Å². The van der Waals surface area contributed by atoms with Gasteiger partial charge in [-0.3, -0.25) is 4.79 Å². The van der Waals surface area contributed by atoms with Crippen LogP contribution >= 0.6 is 11.8 Å². The highest BCUT2D eigenvalue weighted by Gasteiger charge is 2.28. The number of nitrogens with one attached hydrogen (secondary N) is 1. The maximum atomic E-state index is 13.1. The van der Waals surface area contributed by atoms with Gasteiger partial charge in [-0.25, -0.2) is 9.37 Å². The maximum Gasteiger partial charge on any atom is 0.398 e. The SMILES string of the molecule is Cc1cc(F)ccc1NC(=O)c1cccnc1SCC(F)(F)F. The molecule has 1 aromatic heterocycles. The number of alkyl halides is 3. The van der Waals surface area contributed by atoms with Crippen LogP contribution in [0.15, 0.2) is 41.6 Å². The van der Waals surface area contributed by atoms with Gasteiger partial charge in [0.05, 0.1) is 11.3 Å². The van der Waals surface area contributed by atoms with E-state index in [1.54, 1.807) is 6.92 Å². The number of benzene rings is 1. The average molecular weight is 344 g/mol. The number of rotatable bonds is 4. The Balaban J connectivity index is 2.19. The first-order valence-electron chi connectivity index (χ1n) is 6.48. The number of carbonyl (C=O) groups is 1. The van der Waals surface area contributed by atoms with Crippen molar-refractivity contribution < 1.29 is 22.4 Å². The number of hydrogen-bond donors (Lipinski definition) is 1. The Hall–Kier alpha value is -2.09. The first kappa shape index (κ1) is 17.3. The fourth-order valence-corrected chi connectivity index (χ4v) is 2.54. The first-order valence-corrected chi connectivity index (χ1v) is 7.47. The van der Waals surface area contributed by atoms with Crippen LogP contribution in [-0.4, -0.2) is 22.8 Å². The van der Waals surface area contributed by atoms with Crippen molar-refractivity contribution in [1.29, 1.82) is 0 Å². The summed E-state index contributed by atoms with van der Waals surface area (Å²) in [5.74, 6) is -2.18. The lowest BCUT2D eigenvalue weighted by atomic mass is 10.2. The summed E-state index contributed by atoms with van der Waals surface area (Å²) >= 11 is 0.443. The summed E-state index contributed by atoms with van der Waals surface area (Å²) in [4.78, 5) is 16.1.